The minimum atomic E-state index is 0.00875. The molecule has 0 atom stereocenters. The summed E-state index contributed by atoms with van der Waals surface area (Å²) in [5.41, 5.74) is 7.10. The maximum absolute atomic E-state index is 12.5. The molecular weight excluding hydrogens is 306 g/mol. The fourth-order valence-electron chi connectivity index (χ4n) is 2.27. The van der Waals surface area contributed by atoms with Gasteiger partial charge in [-0.25, -0.2) is 0 Å². The van der Waals surface area contributed by atoms with Crippen LogP contribution in [0, 0.1) is 0 Å². The summed E-state index contributed by atoms with van der Waals surface area (Å²) in [6, 6.07) is 5.37. The van der Waals surface area contributed by atoms with E-state index in [9.17, 15) is 4.79 Å². The molecular formula is C14H20BrN3O. The van der Waals surface area contributed by atoms with Gasteiger partial charge in [-0.3, -0.25) is 9.69 Å². The second-order valence-electron chi connectivity index (χ2n) is 5.70. The molecule has 4 nitrogen and oxygen atoms in total. The predicted molar refractivity (Wildman–Crippen MR) is 81.2 cm³/mol. The summed E-state index contributed by atoms with van der Waals surface area (Å²) in [6.45, 7) is 6.70. The van der Waals surface area contributed by atoms with E-state index in [0.717, 1.165) is 24.1 Å². The summed E-state index contributed by atoms with van der Waals surface area (Å²) in [4.78, 5) is 16.7. The average molecular weight is 326 g/mol. The number of carbonyl (C=O) groups excluding carboxylic acids is 1. The van der Waals surface area contributed by atoms with Crippen molar-refractivity contribution < 1.29 is 4.79 Å². The number of piperazine rings is 1. The molecule has 1 fully saturated rings. The van der Waals surface area contributed by atoms with E-state index in [1.165, 1.54) is 0 Å². The summed E-state index contributed by atoms with van der Waals surface area (Å²) < 4.78 is 0.822. The largest absolute Gasteiger partial charge is 0.398 e. The Balaban J connectivity index is 2.18. The second kappa shape index (κ2) is 5.13. The second-order valence-corrected chi connectivity index (χ2v) is 6.55. The molecule has 2 rings (SSSR count). The van der Waals surface area contributed by atoms with Crippen LogP contribution in [0.1, 0.15) is 24.2 Å². The van der Waals surface area contributed by atoms with Crippen molar-refractivity contribution in [2.75, 3.05) is 32.4 Å². The Kier molecular flexibility index (Phi) is 3.87. The minimum absolute atomic E-state index is 0.00875. The summed E-state index contributed by atoms with van der Waals surface area (Å²) >= 11 is 3.34. The van der Waals surface area contributed by atoms with Crippen LogP contribution in [0.5, 0.6) is 0 Å². The lowest BCUT2D eigenvalue weighted by Crippen LogP contribution is -2.58. The van der Waals surface area contributed by atoms with Crippen LogP contribution in [-0.4, -0.2) is 47.9 Å². The van der Waals surface area contributed by atoms with Crippen LogP contribution in [0.3, 0.4) is 0 Å². The first-order valence-electron chi connectivity index (χ1n) is 6.37. The van der Waals surface area contributed by atoms with Crippen molar-refractivity contribution in [3.8, 4) is 0 Å². The van der Waals surface area contributed by atoms with Gasteiger partial charge in [0.1, 0.15) is 0 Å². The van der Waals surface area contributed by atoms with Crippen LogP contribution < -0.4 is 5.73 Å². The van der Waals surface area contributed by atoms with Gasteiger partial charge in [0.05, 0.1) is 0 Å². The zero-order valence-electron chi connectivity index (χ0n) is 11.6. The van der Waals surface area contributed by atoms with Crippen molar-refractivity contribution in [2.45, 2.75) is 19.4 Å². The van der Waals surface area contributed by atoms with E-state index in [0.29, 0.717) is 11.3 Å². The van der Waals surface area contributed by atoms with E-state index in [2.05, 4.69) is 41.7 Å². The molecule has 1 aliphatic heterocycles. The van der Waals surface area contributed by atoms with E-state index in [-0.39, 0.29) is 11.4 Å². The van der Waals surface area contributed by atoms with Gasteiger partial charge in [0.15, 0.2) is 0 Å². The van der Waals surface area contributed by atoms with E-state index >= 15 is 0 Å². The number of likely N-dealkylation sites (N-methyl/N-ethyl adjacent to an activating group) is 1. The van der Waals surface area contributed by atoms with Crippen LogP contribution >= 0.6 is 15.9 Å². The highest BCUT2D eigenvalue weighted by Crippen LogP contribution is 2.24. The lowest BCUT2D eigenvalue weighted by molar-refractivity contribution is 0.0311. The number of nitrogens with zero attached hydrogens (tertiary/aromatic N) is 2. The highest BCUT2D eigenvalue weighted by Gasteiger charge is 2.33. The monoisotopic (exact) mass is 325 g/mol. The lowest BCUT2D eigenvalue weighted by atomic mass is 9.99. The third-order valence-electron chi connectivity index (χ3n) is 3.85. The quantitative estimate of drug-likeness (QED) is 0.805. The molecule has 5 heteroatoms. The Morgan fingerprint density at radius 3 is 2.63 bits per heavy atom. The molecule has 1 aromatic carbocycles. The molecule has 0 bridgehead atoms. The number of hydrogen-bond acceptors (Lipinski definition) is 3. The van der Waals surface area contributed by atoms with Gasteiger partial charge >= 0.3 is 0 Å². The number of benzene rings is 1. The molecule has 1 heterocycles. The summed E-state index contributed by atoms with van der Waals surface area (Å²) in [5.74, 6) is 0.0559. The van der Waals surface area contributed by atoms with Crippen molar-refractivity contribution in [3.63, 3.8) is 0 Å². The van der Waals surface area contributed by atoms with E-state index in [4.69, 9.17) is 5.73 Å². The topological polar surface area (TPSA) is 49.6 Å². The van der Waals surface area contributed by atoms with Crippen LogP contribution in [0.25, 0.3) is 0 Å². The summed E-state index contributed by atoms with van der Waals surface area (Å²) in [7, 11) is 2.10. The van der Waals surface area contributed by atoms with E-state index < -0.39 is 0 Å². The number of nitrogen functional groups attached to an aromatic ring is 1. The zero-order valence-corrected chi connectivity index (χ0v) is 13.2. The Hall–Kier alpha value is -1.07. The van der Waals surface area contributed by atoms with Crippen LogP contribution in [0.2, 0.25) is 0 Å². The average Bonchev–Trinajstić information content (AvgIpc) is 2.35. The Morgan fingerprint density at radius 2 is 2.05 bits per heavy atom. The minimum Gasteiger partial charge on any atom is -0.398 e. The number of anilines is 1. The predicted octanol–water partition coefficient (Wildman–Crippen LogP) is 2.20. The Labute approximate surface area is 122 Å². The van der Waals surface area contributed by atoms with Gasteiger partial charge in [0, 0.05) is 40.9 Å². The van der Waals surface area contributed by atoms with Crippen molar-refractivity contribution >= 4 is 27.5 Å². The Bertz CT molecular complexity index is 501. The maximum atomic E-state index is 12.5. The fraction of sp³-hybridized carbons (Fsp3) is 0.500. The molecule has 2 N–H and O–H groups in total. The maximum Gasteiger partial charge on any atom is 0.254 e. The van der Waals surface area contributed by atoms with Crippen molar-refractivity contribution in [1.29, 1.82) is 0 Å². The molecule has 0 spiro atoms. The van der Waals surface area contributed by atoms with Gasteiger partial charge in [0.2, 0.25) is 0 Å². The van der Waals surface area contributed by atoms with Crippen molar-refractivity contribution in [1.82, 2.24) is 9.80 Å². The smallest absolute Gasteiger partial charge is 0.254 e. The molecule has 1 aromatic rings. The third kappa shape index (κ3) is 2.92. The molecule has 0 saturated carbocycles. The molecule has 1 aliphatic rings. The molecule has 19 heavy (non-hydrogen) atoms. The molecule has 0 aromatic heterocycles. The molecule has 0 radical (unpaired) electrons. The lowest BCUT2D eigenvalue weighted by Gasteiger charge is -2.45. The number of rotatable bonds is 1. The van der Waals surface area contributed by atoms with Gasteiger partial charge in [-0.2, -0.15) is 0 Å². The van der Waals surface area contributed by atoms with Crippen LogP contribution in [-0.2, 0) is 0 Å². The van der Waals surface area contributed by atoms with E-state index in [1.54, 1.807) is 6.07 Å². The number of carbonyl (C=O) groups is 1. The number of nitrogens with two attached hydrogens (primary N) is 1. The highest BCUT2D eigenvalue weighted by atomic mass is 79.9. The van der Waals surface area contributed by atoms with Gasteiger partial charge < -0.3 is 10.6 Å². The van der Waals surface area contributed by atoms with Gasteiger partial charge in [-0.15, -0.1) is 0 Å². The van der Waals surface area contributed by atoms with Gasteiger partial charge in [-0.1, -0.05) is 0 Å². The summed E-state index contributed by atoms with van der Waals surface area (Å²) in [5, 5.41) is 0. The fourth-order valence-corrected chi connectivity index (χ4v) is 2.52. The number of halogens is 1. The van der Waals surface area contributed by atoms with Crippen LogP contribution in [0.4, 0.5) is 5.69 Å². The molecule has 1 saturated heterocycles. The first-order valence-corrected chi connectivity index (χ1v) is 7.16. The van der Waals surface area contributed by atoms with Gasteiger partial charge in [-0.05, 0) is 55.0 Å². The van der Waals surface area contributed by atoms with Crippen molar-refractivity contribution in [2.24, 2.45) is 0 Å². The van der Waals surface area contributed by atoms with Crippen molar-refractivity contribution in [3.05, 3.63) is 28.2 Å². The molecule has 1 amide bonds. The molecule has 0 aliphatic carbocycles. The molecule has 104 valence electrons. The summed E-state index contributed by atoms with van der Waals surface area (Å²) in [6.07, 6.45) is 0. The first-order chi connectivity index (χ1) is 8.81. The zero-order chi connectivity index (χ0) is 14.2. The highest BCUT2D eigenvalue weighted by molar-refractivity contribution is 9.10. The van der Waals surface area contributed by atoms with Crippen LogP contribution in [0.15, 0.2) is 22.7 Å². The first kappa shape index (κ1) is 14.3. The third-order valence-corrected chi connectivity index (χ3v) is 4.57. The molecule has 0 unspecified atom stereocenters. The normalized spacial score (nSPS) is 19.5. The Morgan fingerprint density at radius 1 is 1.37 bits per heavy atom. The van der Waals surface area contributed by atoms with Gasteiger partial charge in [0.25, 0.3) is 5.91 Å². The SMILES string of the molecule is CN1CCN(C(=O)c2ccc(Br)c(N)c2)CC1(C)C. The number of hydrogen-bond donors (Lipinski definition) is 1. The number of amides is 1. The van der Waals surface area contributed by atoms with E-state index in [1.807, 2.05) is 17.0 Å². The standard InChI is InChI=1S/C14H20BrN3O/c1-14(2)9-18(7-6-17(14)3)13(19)10-4-5-11(15)12(16)8-10/h4-5,8H,6-7,9,16H2,1-3H3.